The molecule has 0 aliphatic rings. The monoisotopic (exact) mass is 302 g/mol. The Balaban J connectivity index is 2.22. The summed E-state index contributed by atoms with van der Waals surface area (Å²) in [5, 5.41) is 4.09. The van der Waals surface area contributed by atoms with Crippen molar-refractivity contribution >= 4 is 16.8 Å². The maximum atomic E-state index is 12.6. The molecule has 0 saturated carbocycles. The van der Waals surface area contributed by atoms with Crippen LogP contribution >= 0.6 is 0 Å². The minimum Gasteiger partial charge on any atom is -0.497 e. The smallest absolute Gasteiger partial charge is 0.230 e. The van der Waals surface area contributed by atoms with Crippen LogP contribution in [-0.2, 0) is 10.2 Å². The zero-order chi connectivity index (χ0) is 16.2. The van der Waals surface area contributed by atoms with Gasteiger partial charge in [0.05, 0.1) is 12.5 Å². The highest BCUT2D eigenvalue weighted by Gasteiger charge is 2.32. The summed E-state index contributed by atoms with van der Waals surface area (Å²) in [7, 11) is 1.65. The average Bonchev–Trinajstić information content (AvgIpc) is 2.94. The van der Waals surface area contributed by atoms with Crippen LogP contribution < -0.4 is 10.1 Å². The summed E-state index contributed by atoms with van der Waals surface area (Å²) in [6, 6.07) is 5.88. The van der Waals surface area contributed by atoms with E-state index in [1.165, 1.54) is 0 Å². The molecule has 1 heterocycles. The van der Waals surface area contributed by atoms with Gasteiger partial charge in [-0.05, 0) is 44.0 Å². The number of nitrogens with one attached hydrogen (secondary N) is 2. The zero-order valence-corrected chi connectivity index (χ0v) is 14.0. The first-order valence-corrected chi connectivity index (χ1v) is 7.94. The van der Waals surface area contributed by atoms with Crippen LogP contribution in [0.4, 0.5) is 0 Å². The van der Waals surface area contributed by atoms with Crippen LogP contribution in [0.2, 0.25) is 0 Å². The minimum absolute atomic E-state index is 0.0623. The summed E-state index contributed by atoms with van der Waals surface area (Å²) in [5.41, 5.74) is 1.42. The van der Waals surface area contributed by atoms with Gasteiger partial charge in [-0.25, -0.2) is 0 Å². The Labute approximate surface area is 132 Å². The second-order valence-electron chi connectivity index (χ2n) is 6.20. The third-order valence-electron chi connectivity index (χ3n) is 4.20. The second-order valence-corrected chi connectivity index (χ2v) is 6.20. The summed E-state index contributed by atoms with van der Waals surface area (Å²) < 4.78 is 5.30. The number of methoxy groups -OCH3 is 1. The molecule has 1 amide bonds. The van der Waals surface area contributed by atoms with Crippen LogP contribution in [0.3, 0.4) is 0 Å². The van der Waals surface area contributed by atoms with Gasteiger partial charge in [0, 0.05) is 23.6 Å². The molecule has 4 nitrogen and oxygen atoms in total. The van der Waals surface area contributed by atoms with Crippen molar-refractivity contribution in [3.8, 4) is 5.75 Å². The molecule has 22 heavy (non-hydrogen) atoms. The number of rotatable bonds is 7. The molecule has 0 bridgehead atoms. The fourth-order valence-corrected chi connectivity index (χ4v) is 2.66. The molecule has 0 saturated heterocycles. The lowest BCUT2D eigenvalue weighted by Crippen LogP contribution is -2.40. The third-order valence-corrected chi connectivity index (χ3v) is 4.20. The molecule has 0 spiro atoms. The number of benzene rings is 1. The van der Waals surface area contributed by atoms with Crippen molar-refractivity contribution in [2.75, 3.05) is 13.7 Å². The largest absolute Gasteiger partial charge is 0.497 e. The molecule has 0 fully saturated rings. The summed E-state index contributed by atoms with van der Waals surface area (Å²) in [6.07, 6.45) is 5.25. The van der Waals surface area contributed by atoms with Gasteiger partial charge >= 0.3 is 0 Å². The molecule has 1 aromatic carbocycles. The van der Waals surface area contributed by atoms with Gasteiger partial charge < -0.3 is 15.0 Å². The lowest BCUT2D eigenvalue weighted by molar-refractivity contribution is -0.125. The Morgan fingerprint density at radius 2 is 2.09 bits per heavy atom. The van der Waals surface area contributed by atoms with Crippen molar-refractivity contribution in [1.29, 1.82) is 0 Å². The van der Waals surface area contributed by atoms with E-state index in [1.54, 1.807) is 7.11 Å². The first-order valence-electron chi connectivity index (χ1n) is 7.94. The van der Waals surface area contributed by atoms with E-state index < -0.39 is 5.41 Å². The first-order chi connectivity index (χ1) is 10.5. The number of aromatic amines is 1. The first kappa shape index (κ1) is 16.4. The predicted molar refractivity (Wildman–Crippen MR) is 90.4 cm³/mol. The topological polar surface area (TPSA) is 54.1 Å². The van der Waals surface area contributed by atoms with Crippen molar-refractivity contribution in [1.82, 2.24) is 10.3 Å². The standard InChI is InChI=1S/C18H26N2O2/c1-5-6-7-10-19-17(21)18(2,3)15-12-20-16-9-8-13(22-4)11-14(15)16/h8-9,11-12,20H,5-7,10H2,1-4H3,(H,19,21). The minimum atomic E-state index is -0.586. The number of aromatic nitrogens is 1. The number of unbranched alkanes of at least 4 members (excludes halogenated alkanes) is 2. The number of carbonyl (C=O) groups is 1. The van der Waals surface area contributed by atoms with E-state index in [0.717, 1.165) is 48.0 Å². The fourth-order valence-electron chi connectivity index (χ4n) is 2.66. The van der Waals surface area contributed by atoms with Gasteiger partial charge in [0.1, 0.15) is 5.75 Å². The maximum absolute atomic E-state index is 12.6. The van der Waals surface area contributed by atoms with Crippen molar-refractivity contribution in [2.24, 2.45) is 0 Å². The van der Waals surface area contributed by atoms with Gasteiger partial charge in [-0.15, -0.1) is 0 Å². The van der Waals surface area contributed by atoms with Crippen LogP contribution in [0.1, 0.15) is 45.6 Å². The summed E-state index contributed by atoms with van der Waals surface area (Å²) in [5.74, 6) is 0.861. The predicted octanol–water partition coefficient (Wildman–Crippen LogP) is 3.76. The Hall–Kier alpha value is -1.97. The fraction of sp³-hybridized carbons (Fsp3) is 0.500. The van der Waals surface area contributed by atoms with E-state index in [9.17, 15) is 4.79 Å². The average molecular weight is 302 g/mol. The highest BCUT2D eigenvalue weighted by molar-refractivity contribution is 5.95. The van der Waals surface area contributed by atoms with Crippen LogP contribution in [0.5, 0.6) is 5.75 Å². The SMILES string of the molecule is CCCCCNC(=O)C(C)(C)c1c[nH]c2ccc(OC)cc12. The van der Waals surface area contributed by atoms with Gasteiger partial charge in [-0.2, -0.15) is 0 Å². The molecule has 0 radical (unpaired) electrons. The Kier molecular flexibility index (Phi) is 5.11. The van der Waals surface area contributed by atoms with E-state index in [2.05, 4.69) is 17.2 Å². The maximum Gasteiger partial charge on any atom is 0.230 e. The molecule has 120 valence electrons. The highest BCUT2D eigenvalue weighted by Crippen LogP contribution is 2.32. The molecule has 1 aromatic heterocycles. The van der Waals surface area contributed by atoms with Crippen molar-refractivity contribution < 1.29 is 9.53 Å². The number of H-pyrrole nitrogens is 1. The van der Waals surface area contributed by atoms with E-state index in [1.807, 2.05) is 38.2 Å². The van der Waals surface area contributed by atoms with E-state index >= 15 is 0 Å². The molecule has 2 aromatic rings. The Morgan fingerprint density at radius 3 is 2.77 bits per heavy atom. The number of fused-ring (bicyclic) bond motifs is 1. The molecular weight excluding hydrogens is 276 g/mol. The Morgan fingerprint density at radius 1 is 1.32 bits per heavy atom. The zero-order valence-electron chi connectivity index (χ0n) is 14.0. The van der Waals surface area contributed by atoms with Gasteiger partial charge in [0.25, 0.3) is 0 Å². The molecule has 0 aliphatic carbocycles. The van der Waals surface area contributed by atoms with Gasteiger partial charge in [-0.1, -0.05) is 19.8 Å². The van der Waals surface area contributed by atoms with Crippen molar-refractivity contribution in [3.63, 3.8) is 0 Å². The van der Waals surface area contributed by atoms with Crippen LogP contribution in [0.25, 0.3) is 10.9 Å². The molecule has 0 atom stereocenters. The van der Waals surface area contributed by atoms with E-state index in [0.29, 0.717) is 0 Å². The van der Waals surface area contributed by atoms with E-state index in [4.69, 9.17) is 4.74 Å². The summed E-state index contributed by atoms with van der Waals surface area (Å²) >= 11 is 0. The number of hydrogen-bond acceptors (Lipinski definition) is 2. The molecular formula is C18H26N2O2. The van der Waals surface area contributed by atoms with Crippen LogP contribution in [0.15, 0.2) is 24.4 Å². The number of ether oxygens (including phenoxy) is 1. The van der Waals surface area contributed by atoms with Crippen molar-refractivity contribution in [2.45, 2.75) is 45.4 Å². The van der Waals surface area contributed by atoms with E-state index in [-0.39, 0.29) is 5.91 Å². The Bertz CT molecular complexity index is 644. The van der Waals surface area contributed by atoms with Crippen LogP contribution in [-0.4, -0.2) is 24.5 Å². The number of hydrogen-bond donors (Lipinski definition) is 2. The summed E-state index contributed by atoms with van der Waals surface area (Å²) in [6.45, 7) is 6.82. The van der Waals surface area contributed by atoms with Crippen molar-refractivity contribution in [3.05, 3.63) is 30.0 Å². The molecule has 2 N–H and O–H groups in total. The highest BCUT2D eigenvalue weighted by atomic mass is 16.5. The number of carbonyl (C=O) groups excluding carboxylic acids is 1. The normalized spacial score (nSPS) is 11.6. The third kappa shape index (κ3) is 3.26. The van der Waals surface area contributed by atoms with Gasteiger partial charge in [0.2, 0.25) is 5.91 Å². The second kappa shape index (κ2) is 6.86. The molecule has 2 rings (SSSR count). The molecule has 0 unspecified atom stereocenters. The van der Waals surface area contributed by atoms with Gasteiger partial charge in [-0.3, -0.25) is 4.79 Å². The molecule has 4 heteroatoms. The molecule has 0 aliphatic heterocycles. The summed E-state index contributed by atoms with van der Waals surface area (Å²) in [4.78, 5) is 15.8. The quantitative estimate of drug-likeness (QED) is 0.765. The number of amides is 1. The van der Waals surface area contributed by atoms with Crippen LogP contribution in [0, 0.1) is 0 Å². The lowest BCUT2D eigenvalue weighted by atomic mass is 9.83. The lowest BCUT2D eigenvalue weighted by Gasteiger charge is -2.23. The van der Waals surface area contributed by atoms with Gasteiger partial charge in [0.15, 0.2) is 0 Å².